The van der Waals surface area contributed by atoms with Gasteiger partial charge in [-0.2, -0.15) is 13.9 Å². The molecule has 0 atom stereocenters. The number of alkyl halides is 2. The Morgan fingerprint density at radius 3 is 2.50 bits per heavy atom. The zero-order chi connectivity index (χ0) is 19.8. The predicted octanol–water partition coefficient (Wildman–Crippen LogP) is 6.55. The Morgan fingerprint density at radius 1 is 1.35 bits per heavy atom. The van der Waals surface area contributed by atoms with Gasteiger partial charge in [0.05, 0.1) is 0 Å². The largest absolute Gasteiger partial charge is 0.416 e. The number of hydrogen-bond acceptors (Lipinski definition) is 2. The number of benzene rings is 1. The van der Waals surface area contributed by atoms with E-state index >= 15 is 0 Å². The van der Waals surface area contributed by atoms with E-state index < -0.39 is 13.5 Å². The maximum atomic E-state index is 12.6. The van der Waals surface area contributed by atoms with Crippen molar-refractivity contribution in [3.05, 3.63) is 38.1 Å². The number of nitrogens with zero attached hydrogens (tertiary/aromatic N) is 2. The van der Waals surface area contributed by atoms with E-state index in [-0.39, 0.29) is 10.9 Å². The molecule has 0 saturated heterocycles. The Hall–Kier alpha value is -1.00. The van der Waals surface area contributed by atoms with E-state index in [1.807, 2.05) is 20.3 Å². The Labute approximate surface area is 166 Å². The molecule has 1 heterocycles. The Morgan fingerprint density at radius 2 is 1.96 bits per heavy atom. The predicted molar refractivity (Wildman–Crippen MR) is 110 cm³/mol. The number of ether oxygens (including phenoxy) is 1. The average Bonchev–Trinajstić information content (AvgIpc) is 2.76. The standard InChI is InChI=1S/C17H18Cl3F2N2OP/c1-9-6-12(18)10(8-13(19)26(3,4)5)7-11(9)15-14(20)16(24(2)23-15)25-17(21)22/h6-8,17H,3H2,1-2,4-5H3/b13-8+. The molecule has 0 amide bonds. The van der Waals surface area contributed by atoms with Crippen LogP contribution in [0.15, 0.2) is 16.9 Å². The summed E-state index contributed by atoms with van der Waals surface area (Å²) in [6.07, 6.45) is 5.86. The lowest BCUT2D eigenvalue weighted by atomic mass is 10.0. The molecule has 1 aromatic heterocycles. The van der Waals surface area contributed by atoms with Crippen LogP contribution in [0.25, 0.3) is 17.3 Å². The third-order valence-corrected chi connectivity index (χ3v) is 7.03. The molecule has 1 aromatic carbocycles. The SMILES string of the molecule is C=P(C)(C)/C(Cl)=C/c1cc(-c2nn(C)c(OC(F)F)c2Cl)c(C)cc1Cl. The van der Waals surface area contributed by atoms with Gasteiger partial charge in [-0.1, -0.05) is 48.0 Å². The van der Waals surface area contributed by atoms with E-state index in [1.54, 1.807) is 18.2 Å². The molecule has 0 aliphatic heterocycles. The minimum atomic E-state index is -3.00. The first-order valence-corrected chi connectivity index (χ1v) is 11.5. The normalized spacial score (nSPS) is 12.8. The Balaban J connectivity index is 2.62. The van der Waals surface area contributed by atoms with E-state index in [9.17, 15) is 8.78 Å². The van der Waals surface area contributed by atoms with Gasteiger partial charge in [0.25, 0.3) is 0 Å². The molecule has 3 nitrogen and oxygen atoms in total. The number of aryl methyl sites for hydroxylation is 2. The van der Waals surface area contributed by atoms with Gasteiger partial charge in [-0.3, -0.25) is 0 Å². The van der Waals surface area contributed by atoms with Crippen LogP contribution >= 0.6 is 41.7 Å². The maximum Gasteiger partial charge on any atom is 0.388 e. The minimum Gasteiger partial charge on any atom is -0.416 e. The second kappa shape index (κ2) is 7.93. The van der Waals surface area contributed by atoms with Crippen LogP contribution in [0.2, 0.25) is 10.0 Å². The van der Waals surface area contributed by atoms with Crippen molar-refractivity contribution in [3.63, 3.8) is 0 Å². The van der Waals surface area contributed by atoms with Crippen LogP contribution in [-0.2, 0) is 7.05 Å². The molecule has 26 heavy (non-hydrogen) atoms. The van der Waals surface area contributed by atoms with Crippen molar-refractivity contribution in [2.45, 2.75) is 13.5 Å². The van der Waals surface area contributed by atoms with E-state index in [1.165, 1.54) is 11.7 Å². The summed E-state index contributed by atoms with van der Waals surface area (Å²) in [5.74, 6) is -0.203. The lowest BCUT2D eigenvalue weighted by molar-refractivity contribution is -0.0552. The summed E-state index contributed by atoms with van der Waals surface area (Å²) < 4.78 is 31.4. The molecule has 0 radical (unpaired) electrons. The molecule has 9 heteroatoms. The van der Waals surface area contributed by atoms with Crippen LogP contribution in [-0.4, -0.2) is 36.0 Å². The topological polar surface area (TPSA) is 27.1 Å². The average molecular weight is 442 g/mol. The first-order valence-electron chi connectivity index (χ1n) is 7.45. The van der Waals surface area contributed by atoms with E-state index in [0.717, 1.165) is 5.56 Å². The molecule has 2 aromatic rings. The van der Waals surface area contributed by atoms with Crippen LogP contribution in [0.1, 0.15) is 11.1 Å². The van der Waals surface area contributed by atoms with Gasteiger partial charge >= 0.3 is 6.61 Å². The van der Waals surface area contributed by atoms with Gasteiger partial charge in [-0.15, -0.1) is 0 Å². The molecule has 0 unspecified atom stereocenters. The molecule has 0 N–H and O–H groups in total. The highest BCUT2D eigenvalue weighted by molar-refractivity contribution is 7.78. The first-order chi connectivity index (χ1) is 11.9. The van der Waals surface area contributed by atoms with Gasteiger partial charge in [0, 0.05) is 22.4 Å². The molecular formula is C17H18Cl3F2N2OP. The fourth-order valence-corrected chi connectivity index (χ4v) is 3.41. The van der Waals surface area contributed by atoms with Crippen molar-refractivity contribution < 1.29 is 13.5 Å². The third kappa shape index (κ3) is 4.64. The molecule has 0 aliphatic rings. The molecule has 0 bridgehead atoms. The van der Waals surface area contributed by atoms with Crippen LogP contribution < -0.4 is 4.74 Å². The number of rotatable bonds is 5. The molecule has 2 rings (SSSR count). The quantitative estimate of drug-likeness (QED) is 0.492. The van der Waals surface area contributed by atoms with Gasteiger partial charge in [-0.25, -0.2) is 4.68 Å². The molecular weight excluding hydrogens is 424 g/mol. The Bertz CT molecular complexity index is 919. The summed E-state index contributed by atoms with van der Waals surface area (Å²) in [6, 6.07) is 3.52. The second-order valence-corrected chi connectivity index (χ2v) is 11.6. The lowest BCUT2D eigenvalue weighted by Crippen LogP contribution is -2.06. The van der Waals surface area contributed by atoms with Crippen molar-refractivity contribution in [3.8, 4) is 17.1 Å². The van der Waals surface area contributed by atoms with E-state index in [4.69, 9.17) is 34.8 Å². The summed E-state index contributed by atoms with van der Waals surface area (Å²) in [6.45, 7) is 1.15. The maximum absolute atomic E-state index is 12.6. The summed E-state index contributed by atoms with van der Waals surface area (Å²) in [5, 5.41) is 4.73. The monoisotopic (exact) mass is 440 g/mol. The van der Waals surface area contributed by atoms with Crippen molar-refractivity contribution in [1.29, 1.82) is 0 Å². The number of aromatic nitrogens is 2. The zero-order valence-electron chi connectivity index (χ0n) is 14.7. The highest BCUT2D eigenvalue weighted by Crippen LogP contribution is 2.49. The minimum absolute atomic E-state index is 0.00392. The molecule has 0 aliphatic carbocycles. The fourth-order valence-electron chi connectivity index (χ4n) is 2.23. The van der Waals surface area contributed by atoms with Crippen molar-refractivity contribution in [2.24, 2.45) is 7.05 Å². The van der Waals surface area contributed by atoms with Gasteiger partial charge in [0.2, 0.25) is 5.88 Å². The lowest BCUT2D eigenvalue weighted by Gasteiger charge is -2.13. The van der Waals surface area contributed by atoms with Crippen LogP contribution in [0.5, 0.6) is 5.88 Å². The van der Waals surface area contributed by atoms with Crippen molar-refractivity contribution in [1.82, 2.24) is 9.78 Å². The second-order valence-electron chi connectivity index (χ2n) is 6.31. The summed E-state index contributed by atoms with van der Waals surface area (Å²) >= 11 is 18.9. The number of halogens is 5. The van der Waals surface area contributed by atoms with Crippen molar-refractivity contribution >= 4 is 54.1 Å². The van der Waals surface area contributed by atoms with Gasteiger partial charge in [0.15, 0.2) is 0 Å². The highest BCUT2D eigenvalue weighted by atomic mass is 35.5. The summed E-state index contributed by atoms with van der Waals surface area (Å²) in [5.41, 5.74) is 2.44. The molecule has 0 saturated carbocycles. The van der Waals surface area contributed by atoms with Gasteiger partial charge in [0.1, 0.15) is 10.7 Å². The Kier molecular flexibility index (Phi) is 6.50. The fraction of sp³-hybridized carbons (Fsp3) is 0.294. The molecule has 142 valence electrons. The van der Waals surface area contributed by atoms with Crippen molar-refractivity contribution in [2.75, 3.05) is 13.3 Å². The van der Waals surface area contributed by atoms with E-state index in [2.05, 4.69) is 16.1 Å². The third-order valence-electron chi connectivity index (χ3n) is 3.59. The van der Waals surface area contributed by atoms with Crippen LogP contribution in [0, 0.1) is 6.92 Å². The number of hydrogen-bond donors (Lipinski definition) is 0. The van der Waals surface area contributed by atoms with Gasteiger partial charge < -0.3 is 4.74 Å². The smallest absolute Gasteiger partial charge is 0.388 e. The zero-order valence-corrected chi connectivity index (χ0v) is 17.8. The van der Waals surface area contributed by atoms with Crippen LogP contribution in [0.3, 0.4) is 0 Å². The molecule has 0 spiro atoms. The summed E-state index contributed by atoms with van der Waals surface area (Å²) in [7, 11) is 1.48. The highest BCUT2D eigenvalue weighted by Gasteiger charge is 2.22. The first kappa shape index (κ1) is 21.3. The summed E-state index contributed by atoms with van der Waals surface area (Å²) in [4.78, 5) is 0. The van der Waals surface area contributed by atoms with Gasteiger partial charge in [-0.05, 0) is 49.6 Å². The van der Waals surface area contributed by atoms with Crippen LogP contribution in [0.4, 0.5) is 8.78 Å². The van der Waals surface area contributed by atoms with E-state index in [0.29, 0.717) is 26.6 Å². The molecule has 0 fully saturated rings.